The number of likely N-dealkylation sites (N-methyl/N-ethyl adjacent to an activating group) is 1. The molecule has 2 aromatic carbocycles. The first-order valence-corrected chi connectivity index (χ1v) is 6.83. The molecule has 0 saturated heterocycles. The quantitative estimate of drug-likeness (QED) is 0.877. The highest BCUT2D eigenvalue weighted by atomic mass is 19.1. The third-order valence-corrected chi connectivity index (χ3v) is 3.66. The van der Waals surface area contributed by atoms with Crippen molar-refractivity contribution in [3.8, 4) is 0 Å². The fourth-order valence-electron chi connectivity index (χ4n) is 2.12. The number of hydrogen-bond donors (Lipinski definition) is 1. The third kappa shape index (κ3) is 3.81. The summed E-state index contributed by atoms with van der Waals surface area (Å²) in [6, 6.07) is 13.4. The Morgan fingerprint density at radius 2 is 1.71 bits per heavy atom. The summed E-state index contributed by atoms with van der Waals surface area (Å²) in [5.41, 5.74) is 8.14. The van der Waals surface area contributed by atoms with Crippen LogP contribution in [-0.4, -0.2) is 17.9 Å². The molecule has 0 aliphatic heterocycles. The lowest BCUT2D eigenvalue weighted by molar-refractivity contribution is -0.131. The molecule has 110 valence electrons. The number of halogens is 1. The SMILES string of the molecule is CC(c1ccc(F)cc1)N(C)C(=O)Cc1ccc(N)cc1. The predicted molar refractivity (Wildman–Crippen MR) is 82.1 cm³/mol. The second-order valence-electron chi connectivity index (χ2n) is 5.15. The summed E-state index contributed by atoms with van der Waals surface area (Å²) < 4.78 is 12.9. The maximum Gasteiger partial charge on any atom is 0.227 e. The fourth-order valence-corrected chi connectivity index (χ4v) is 2.12. The first-order valence-electron chi connectivity index (χ1n) is 6.83. The summed E-state index contributed by atoms with van der Waals surface area (Å²) in [6.07, 6.45) is 0.322. The van der Waals surface area contributed by atoms with Gasteiger partial charge in [-0.1, -0.05) is 24.3 Å². The molecule has 2 N–H and O–H groups in total. The molecule has 0 radical (unpaired) electrons. The molecule has 1 unspecified atom stereocenters. The fraction of sp³-hybridized carbons (Fsp3) is 0.235. The van der Waals surface area contributed by atoms with Gasteiger partial charge >= 0.3 is 0 Å². The van der Waals surface area contributed by atoms with Crippen LogP contribution in [0, 0.1) is 5.82 Å². The van der Waals surface area contributed by atoms with Gasteiger partial charge in [-0.3, -0.25) is 4.79 Å². The minimum absolute atomic E-state index is 0.0107. The van der Waals surface area contributed by atoms with Crippen LogP contribution in [-0.2, 0) is 11.2 Å². The van der Waals surface area contributed by atoms with E-state index >= 15 is 0 Å². The summed E-state index contributed by atoms with van der Waals surface area (Å²) in [6.45, 7) is 1.92. The molecule has 21 heavy (non-hydrogen) atoms. The van der Waals surface area contributed by atoms with Crippen molar-refractivity contribution in [2.75, 3.05) is 12.8 Å². The molecule has 2 aromatic rings. The van der Waals surface area contributed by atoms with Crippen molar-refractivity contribution in [3.63, 3.8) is 0 Å². The number of hydrogen-bond acceptors (Lipinski definition) is 2. The molecule has 0 heterocycles. The van der Waals surface area contributed by atoms with Crippen LogP contribution in [0.25, 0.3) is 0 Å². The topological polar surface area (TPSA) is 46.3 Å². The number of carbonyl (C=O) groups excluding carboxylic acids is 1. The zero-order chi connectivity index (χ0) is 15.4. The van der Waals surface area contributed by atoms with E-state index in [2.05, 4.69) is 0 Å². The highest BCUT2D eigenvalue weighted by Crippen LogP contribution is 2.20. The molecular formula is C17H19FN2O. The highest BCUT2D eigenvalue weighted by molar-refractivity contribution is 5.79. The molecular weight excluding hydrogens is 267 g/mol. The standard InChI is InChI=1S/C17H19FN2O/c1-12(14-5-7-15(18)8-6-14)20(2)17(21)11-13-3-9-16(19)10-4-13/h3-10,12H,11,19H2,1-2H3. The van der Waals surface area contributed by atoms with Gasteiger partial charge in [0.15, 0.2) is 0 Å². The Bertz CT molecular complexity index is 608. The van der Waals surface area contributed by atoms with E-state index in [1.54, 1.807) is 36.2 Å². The van der Waals surface area contributed by atoms with E-state index in [0.29, 0.717) is 12.1 Å². The molecule has 2 rings (SSSR count). The van der Waals surface area contributed by atoms with E-state index in [1.165, 1.54) is 12.1 Å². The number of rotatable bonds is 4. The number of carbonyl (C=O) groups is 1. The molecule has 0 saturated carbocycles. The van der Waals surface area contributed by atoms with Crippen LogP contribution >= 0.6 is 0 Å². The van der Waals surface area contributed by atoms with E-state index in [-0.39, 0.29) is 17.8 Å². The van der Waals surface area contributed by atoms with Crippen molar-refractivity contribution < 1.29 is 9.18 Å². The predicted octanol–water partition coefficient (Wildman–Crippen LogP) is 3.17. The van der Waals surface area contributed by atoms with E-state index in [1.807, 2.05) is 19.1 Å². The van der Waals surface area contributed by atoms with E-state index in [9.17, 15) is 9.18 Å². The summed E-state index contributed by atoms with van der Waals surface area (Å²) in [7, 11) is 1.76. The van der Waals surface area contributed by atoms with Gasteiger partial charge in [0.1, 0.15) is 5.82 Å². The molecule has 1 atom stereocenters. The van der Waals surface area contributed by atoms with Crippen LogP contribution in [0.1, 0.15) is 24.1 Å². The number of nitrogen functional groups attached to an aromatic ring is 1. The minimum atomic E-state index is -0.276. The van der Waals surface area contributed by atoms with Crippen LogP contribution in [0.3, 0.4) is 0 Å². The number of benzene rings is 2. The van der Waals surface area contributed by atoms with Gasteiger partial charge in [-0.2, -0.15) is 0 Å². The summed E-state index contributed by atoms with van der Waals surface area (Å²) in [4.78, 5) is 14.0. The maximum absolute atomic E-state index is 12.9. The van der Waals surface area contributed by atoms with Gasteiger partial charge in [0.25, 0.3) is 0 Å². The van der Waals surface area contributed by atoms with Gasteiger partial charge < -0.3 is 10.6 Å². The number of nitrogens with two attached hydrogens (primary N) is 1. The van der Waals surface area contributed by atoms with Crippen molar-refractivity contribution in [2.45, 2.75) is 19.4 Å². The van der Waals surface area contributed by atoms with E-state index < -0.39 is 0 Å². The largest absolute Gasteiger partial charge is 0.399 e. The molecule has 0 aromatic heterocycles. The average Bonchev–Trinajstić information content (AvgIpc) is 2.49. The summed E-state index contributed by atoms with van der Waals surface area (Å²) in [5.74, 6) is -0.265. The van der Waals surface area contributed by atoms with Crippen molar-refractivity contribution in [3.05, 3.63) is 65.5 Å². The Kier molecular flexibility index (Phi) is 4.58. The summed E-state index contributed by atoms with van der Waals surface area (Å²) >= 11 is 0. The zero-order valence-corrected chi connectivity index (χ0v) is 12.2. The molecule has 1 amide bonds. The first kappa shape index (κ1) is 15.0. The molecule has 4 heteroatoms. The minimum Gasteiger partial charge on any atom is -0.399 e. The summed E-state index contributed by atoms with van der Waals surface area (Å²) in [5, 5.41) is 0. The second-order valence-corrected chi connectivity index (χ2v) is 5.15. The Labute approximate surface area is 124 Å². The van der Waals surface area contributed by atoms with Crippen LogP contribution in [0.4, 0.5) is 10.1 Å². The molecule has 0 aliphatic carbocycles. The van der Waals surface area contributed by atoms with Gasteiger partial charge in [0, 0.05) is 12.7 Å². The van der Waals surface area contributed by atoms with Gasteiger partial charge in [-0.05, 0) is 42.3 Å². The van der Waals surface area contributed by atoms with Crippen LogP contribution in [0.2, 0.25) is 0 Å². The number of anilines is 1. The normalized spacial score (nSPS) is 12.0. The van der Waals surface area contributed by atoms with E-state index in [0.717, 1.165) is 11.1 Å². The monoisotopic (exact) mass is 286 g/mol. The Morgan fingerprint density at radius 3 is 2.29 bits per heavy atom. The molecule has 0 spiro atoms. The first-order chi connectivity index (χ1) is 9.97. The average molecular weight is 286 g/mol. The van der Waals surface area contributed by atoms with Crippen LogP contribution < -0.4 is 5.73 Å². The van der Waals surface area contributed by atoms with Gasteiger partial charge in [0.2, 0.25) is 5.91 Å². The second kappa shape index (κ2) is 6.39. The smallest absolute Gasteiger partial charge is 0.227 e. The molecule has 0 aliphatic rings. The Morgan fingerprint density at radius 1 is 1.14 bits per heavy atom. The van der Waals surface area contributed by atoms with Crippen molar-refractivity contribution in [2.24, 2.45) is 0 Å². The van der Waals surface area contributed by atoms with Gasteiger partial charge in [0.05, 0.1) is 12.5 Å². The van der Waals surface area contributed by atoms with Crippen LogP contribution in [0.15, 0.2) is 48.5 Å². The Hall–Kier alpha value is -2.36. The van der Waals surface area contributed by atoms with Crippen LogP contribution in [0.5, 0.6) is 0 Å². The lowest BCUT2D eigenvalue weighted by atomic mass is 10.1. The third-order valence-electron chi connectivity index (χ3n) is 3.66. The van der Waals surface area contributed by atoms with Crippen molar-refractivity contribution in [1.82, 2.24) is 4.90 Å². The van der Waals surface area contributed by atoms with Gasteiger partial charge in [-0.15, -0.1) is 0 Å². The number of nitrogens with zero attached hydrogens (tertiary/aromatic N) is 1. The van der Waals surface area contributed by atoms with Gasteiger partial charge in [-0.25, -0.2) is 4.39 Å². The lowest BCUT2D eigenvalue weighted by Gasteiger charge is -2.25. The lowest BCUT2D eigenvalue weighted by Crippen LogP contribution is -2.30. The molecule has 3 nitrogen and oxygen atoms in total. The van der Waals surface area contributed by atoms with Crippen molar-refractivity contribution >= 4 is 11.6 Å². The highest BCUT2D eigenvalue weighted by Gasteiger charge is 2.17. The van der Waals surface area contributed by atoms with E-state index in [4.69, 9.17) is 5.73 Å². The zero-order valence-electron chi connectivity index (χ0n) is 12.2. The Balaban J connectivity index is 2.04. The molecule has 0 fully saturated rings. The number of amides is 1. The maximum atomic E-state index is 12.9. The van der Waals surface area contributed by atoms with Crippen molar-refractivity contribution in [1.29, 1.82) is 0 Å². The molecule has 0 bridgehead atoms.